The molecule has 0 unspecified atom stereocenters. The van der Waals surface area contributed by atoms with Crippen LogP contribution in [0.2, 0.25) is 5.02 Å². The Hall–Kier alpha value is -2.00. The van der Waals surface area contributed by atoms with Gasteiger partial charge in [0.15, 0.2) is 0 Å². The molecule has 1 N–H and O–H groups in total. The lowest BCUT2D eigenvalue weighted by Gasteiger charge is -2.26. The summed E-state index contributed by atoms with van der Waals surface area (Å²) < 4.78 is 0. The van der Waals surface area contributed by atoms with Gasteiger partial charge in [-0.15, -0.1) is 0 Å². The molecule has 2 aromatic rings. The van der Waals surface area contributed by atoms with Gasteiger partial charge in [-0.05, 0) is 49.6 Å². The van der Waals surface area contributed by atoms with Crippen LogP contribution in [0.25, 0.3) is 0 Å². The standard InChI is InChI=1S/C18H19ClN2O/c1-12-15(19)7-5-8-16(12)20-18(22)13(2)21-11-10-14-6-3-4-9-17(14)21/h3-9,13H,10-11H2,1-2H3,(H,20,22)/t13-/m0/s1. The largest absolute Gasteiger partial charge is 0.359 e. The number of fused-ring (bicyclic) bond motifs is 1. The minimum Gasteiger partial charge on any atom is -0.359 e. The first-order valence-electron chi connectivity index (χ1n) is 7.48. The van der Waals surface area contributed by atoms with Crippen molar-refractivity contribution in [3.63, 3.8) is 0 Å². The number of hydrogen-bond acceptors (Lipinski definition) is 2. The van der Waals surface area contributed by atoms with Gasteiger partial charge in [0.25, 0.3) is 0 Å². The zero-order valence-electron chi connectivity index (χ0n) is 12.8. The molecule has 1 amide bonds. The van der Waals surface area contributed by atoms with Gasteiger partial charge in [-0.1, -0.05) is 35.9 Å². The fraction of sp³-hybridized carbons (Fsp3) is 0.278. The number of rotatable bonds is 3. The molecule has 2 aromatic carbocycles. The topological polar surface area (TPSA) is 32.3 Å². The smallest absolute Gasteiger partial charge is 0.246 e. The van der Waals surface area contributed by atoms with Crippen molar-refractivity contribution in [3.8, 4) is 0 Å². The van der Waals surface area contributed by atoms with Gasteiger partial charge in [0.05, 0.1) is 0 Å². The van der Waals surface area contributed by atoms with Crippen molar-refractivity contribution in [1.82, 2.24) is 0 Å². The van der Waals surface area contributed by atoms with Gasteiger partial charge in [-0.3, -0.25) is 4.79 Å². The fourth-order valence-electron chi connectivity index (χ4n) is 2.89. The molecule has 0 aromatic heterocycles. The lowest BCUT2D eigenvalue weighted by molar-refractivity contribution is -0.117. The molecule has 3 rings (SSSR count). The molecule has 3 nitrogen and oxygen atoms in total. The average molecular weight is 315 g/mol. The van der Waals surface area contributed by atoms with Gasteiger partial charge in [0.2, 0.25) is 5.91 Å². The van der Waals surface area contributed by atoms with Crippen molar-refractivity contribution >= 4 is 28.9 Å². The predicted molar refractivity (Wildman–Crippen MR) is 91.8 cm³/mol. The lowest BCUT2D eigenvalue weighted by atomic mass is 10.1. The molecule has 0 aliphatic carbocycles. The zero-order chi connectivity index (χ0) is 15.7. The number of nitrogens with one attached hydrogen (secondary N) is 1. The molecular formula is C18H19ClN2O. The third kappa shape index (κ3) is 2.69. The number of hydrogen-bond donors (Lipinski definition) is 1. The molecule has 1 atom stereocenters. The number of carbonyl (C=O) groups excluding carboxylic acids is 1. The van der Waals surface area contributed by atoms with E-state index >= 15 is 0 Å². The van der Waals surface area contributed by atoms with Crippen LogP contribution in [0.5, 0.6) is 0 Å². The van der Waals surface area contributed by atoms with E-state index in [-0.39, 0.29) is 11.9 Å². The Balaban J connectivity index is 1.77. The summed E-state index contributed by atoms with van der Waals surface area (Å²) in [5.74, 6) is -0.0120. The molecule has 1 aliphatic rings. The van der Waals surface area contributed by atoms with Crippen LogP contribution in [0, 0.1) is 6.92 Å². The lowest BCUT2D eigenvalue weighted by Crippen LogP contribution is -2.41. The van der Waals surface area contributed by atoms with E-state index in [9.17, 15) is 4.79 Å². The Bertz CT molecular complexity index is 714. The maximum Gasteiger partial charge on any atom is 0.246 e. The maximum absolute atomic E-state index is 12.6. The molecular weight excluding hydrogens is 296 g/mol. The number of halogens is 1. The summed E-state index contributed by atoms with van der Waals surface area (Å²) in [5, 5.41) is 3.66. The van der Waals surface area contributed by atoms with Crippen molar-refractivity contribution in [2.75, 3.05) is 16.8 Å². The summed E-state index contributed by atoms with van der Waals surface area (Å²) in [7, 11) is 0. The van der Waals surface area contributed by atoms with Crippen molar-refractivity contribution < 1.29 is 4.79 Å². The van der Waals surface area contributed by atoms with E-state index in [0.717, 1.165) is 29.9 Å². The molecule has 114 valence electrons. The highest BCUT2D eigenvalue weighted by Crippen LogP contribution is 2.30. The highest BCUT2D eigenvalue weighted by molar-refractivity contribution is 6.31. The number of carbonyl (C=O) groups is 1. The van der Waals surface area contributed by atoms with Crippen molar-refractivity contribution in [3.05, 3.63) is 58.6 Å². The van der Waals surface area contributed by atoms with Crippen LogP contribution in [0.1, 0.15) is 18.1 Å². The van der Waals surface area contributed by atoms with Gasteiger partial charge in [0, 0.05) is 22.9 Å². The number of amides is 1. The fourth-order valence-corrected chi connectivity index (χ4v) is 3.06. The van der Waals surface area contributed by atoms with Crippen molar-refractivity contribution in [2.45, 2.75) is 26.3 Å². The predicted octanol–water partition coefficient (Wildman–Crippen LogP) is 4.04. The van der Waals surface area contributed by atoms with Gasteiger partial charge in [-0.2, -0.15) is 0 Å². The van der Waals surface area contributed by atoms with E-state index in [1.807, 2.05) is 44.2 Å². The second-order valence-corrected chi connectivity index (χ2v) is 6.06. The molecule has 0 bridgehead atoms. The molecule has 0 saturated carbocycles. The highest BCUT2D eigenvalue weighted by atomic mass is 35.5. The summed E-state index contributed by atoms with van der Waals surface area (Å²) >= 11 is 6.11. The highest BCUT2D eigenvalue weighted by Gasteiger charge is 2.27. The first-order valence-corrected chi connectivity index (χ1v) is 7.86. The van der Waals surface area contributed by atoms with E-state index in [1.54, 1.807) is 0 Å². The van der Waals surface area contributed by atoms with Gasteiger partial charge in [-0.25, -0.2) is 0 Å². The van der Waals surface area contributed by atoms with E-state index in [0.29, 0.717) is 5.02 Å². The second kappa shape index (κ2) is 6.01. The molecule has 0 saturated heterocycles. The number of benzene rings is 2. The summed E-state index contributed by atoms with van der Waals surface area (Å²) in [5.41, 5.74) is 4.14. The summed E-state index contributed by atoms with van der Waals surface area (Å²) in [6.45, 7) is 4.73. The minimum absolute atomic E-state index is 0.0120. The van der Waals surface area contributed by atoms with Crippen molar-refractivity contribution in [1.29, 1.82) is 0 Å². The maximum atomic E-state index is 12.6. The van der Waals surface area contributed by atoms with Crippen LogP contribution in [0.3, 0.4) is 0 Å². The summed E-state index contributed by atoms with van der Waals surface area (Å²) in [6, 6.07) is 13.6. The van der Waals surface area contributed by atoms with Gasteiger partial charge in [0.1, 0.15) is 6.04 Å². The molecule has 1 heterocycles. The Morgan fingerprint density at radius 3 is 2.82 bits per heavy atom. The van der Waals surface area contributed by atoms with Crippen molar-refractivity contribution in [2.24, 2.45) is 0 Å². The average Bonchev–Trinajstić information content (AvgIpc) is 2.95. The summed E-state index contributed by atoms with van der Waals surface area (Å²) in [6.07, 6.45) is 0.990. The van der Waals surface area contributed by atoms with Gasteiger partial charge >= 0.3 is 0 Å². The minimum atomic E-state index is -0.220. The molecule has 0 radical (unpaired) electrons. The molecule has 22 heavy (non-hydrogen) atoms. The first kappa shape index (κ1) is 14.9. The SMILES string of the molecule is Cc1c(Cl)cccc1NC(=O)[C@H](C)N1CCc2ccccc21. The Kier molecular flexibility index (Phi) is 4.08. The van der Waals surface area contributed by atoms with Crippen LogP contribution < -0.4 is 10.2 Å². The Morgan fingerprint density at radius 2 is 2.00 bits per heavy atom. The number of para-hydroxylation sites is 1. The molecule has 0 fully saturated rings. The first-order chi connectivity index (χ1) is 10.6. The van der Waals surface area contributed by atoms with E-state index in [4.69, 9.17) is 11.6 Å². The molecule has 4 heteroatoms. The van der Waals surface area contributed by atoms with E-state index in [1.165, 1.54) is 5.56 Å². The van der Waals surface area contributed by atoms with E-state index < -0.39 is 0 Å². The van der Waals surface area contributed by atoms with Crippen LogP contribution in [-0.4, -0.2) is 18.5 Å². The van der Waals surface area contributed by atoms with Crippen LogP contribution in [-0.2, 0) is 11.2 Å². The summed E-state index contributed by atoms with van der Waals surface area (Å²) in [4.78, 5) is 14.7. The monoisotopic (exact) mass is 314 g/mol. The van der Waals surface area contributed by atoms with Crippen LogP contribution in [0.15, 0.2) is 42.5 Å². The van der Waals surface area contributed by atoms with Crippen LogP contribution >= 0.6 is 11.6 Å². The number of anilines is 2. The normalized spacial score (nSPS) is 14.6. The third-order valence-corrected chi connectivity index (χ3v) is 4.71. The van der Waals surface area contributed by atoms with E-state index in [2.05, 4.69) is 22.3 Å². The van der Waals surface area contributed by atoms with Gasteiger partial charge < -0.3 is 10.2 Å². The van der Waals surface area contributed by atoms with Crippen LogP contribution in [0.4, 0.5) is 11.4 Å². The zero-order valence-corrected chi connectivity index (χ0v) is 13.5. The second-order valence-electron chi connectivity index (χ2n) is 5.65. The Morgan fingerprint density at radius 1 is 1.23 bits per heavy atom. The molecule has 0 spiro atoms. The molecule has 1 aliphatic heterocycles. The third-order valence-electron chi connectivity index (χ3n) is 4.30. The Labute approximate surface area is 135 Å². The quantitative estimate of drug-likeness (QED) is 0.927. The number of nitrogens with zero attached hydrogens (tertiary/aromatic N) is 1.